The number of rotatable bonds is 6. The Balaban J connectivity index is 1.97. The van der Waals surface area contributed by atoms with Gasteiger partial charge in [0.15, 0.2) is 11.5 Å². The van der Waals surface area contributed by atoms with Gasteiger partial charge in [-0.3, -0.25) is 4.79 Å². The molecule has 25 heavy (non-hydrogen) atoms. The van der Waals surface area contributed by atoms with Gasteiger partial charge in [0.25, 0.3) is 0 Å². The summed E-state index contributed by atoms with van der Waals surface area (Å²) < 4.78 is 10.6. The van der Waals surface area contributed by atoms with Crippen molar-refractivity contribution in [2.24, 2.45) is 0 Å². The summed E-state index contributed by atoms with van der Waals surface area (Å²) in [6.07, 6.45) is 0.829. The highest BCUT2D eigenvalue weighted by Gasteiger charge is 2.25. The Kier molecular flexibility index (Phi) is 6.12. The van der Waals surface area contributed by atoms with Crippen molar-refractivity contribution in [1.29, 1.82) is 0 Å². The van der Waals surface area contributed by atoms with Crippen LogP contribution in [0.3, 0.4) is 0 Å². The molecule has 1 aromatic carbocycles. The van der Waals surface area contributed by atoms with Gasteiger partial charge in [0.1, 0.15) is 0 Å². The molecule has 0 unspecified atom stereocenters. The zero-order valence-electron chi connectivity index (χ0n) is 15.4. The van der Waals surface area contributed by atoms with E-state index in [0.717, 1.165) is 12.0 Å². The lowest BCUT2D eigenvalue weighted by Crippen LogP contribution is -2.52. The summed E-state index contributed by atoms with van der Waals surface area (Å²) in [4.78, 5) is 26.5. The molecule has 0 radical (unpaired) electrons. The quantitative estimate of drug-likeness (QED) is 0.790. The van der Waals surface area contributed by atoms with E-state index in [2.05, 4.69) is 19.2 Å². The number of urea groups is 1. The Morgan fingerprint density at radius 3 is 2.36 bits per heavy atom. The van der Waals surface area contributed by atoms with Crippen LogP contribution in [0.5, 0.6) is 11.5 Å². The molecular formula is C18H27N3O4. The summed E-state index contributed by atoms with van der Waals surface area (Å²) in [5.41, 5.74) is 0.788. The number of carbonyl (C=O) groups is 2. The average molecular weight is 349 g/mol. The summed E-state index contributed by atoms with van der Waals surface area (Å²) in [6, 6.07) is 5.69. The van der Waals surface area contributed by atoms with Crippen molar-refractivity contribution in [2.45, 2.75) is 19.3 Å². The summed E-state index contributed by atoms with van der Waals surface area (Å²) in [7, 11) is 3.21. The molecule has 1 aliphatic heterocycles. The molecule has 2 rings (SSSR count). The van der Waals surface area contributed by atoms with Crippen molar-refractivity contribution < 1.29 is 19.1 Å². The maximum absolute atomic E-state index is 12.4. The third-order valence-corrected chi connectivity index (χ3v) is 4.60. The van der Waals surface area contributed by atoms with Crippen LogP contribution >= 0.6 is 0 Å². The Hall–Kier alpha value is -2.44. The number of piperazine rings is 1. The summed E-state index contributed by atoms with van der Waals surface area (Å²) in [5, 5.41) is 3.00. The van der Waals surface area contributed by atoms with Gasteiger partial charge >= 0.3 is 6.03 Å². The van der Waals surface area contributed by atoms with Crippen LogP contribution in [0.2, 0.25) is 0 Å². The minimum absolute atomic E-state index is 0.0981. The maximum atomic E-state index is 12.4. The lowest BCUT2D eigenvalue weighted by atomic mass is 9.84. The zero-order chi connectivity index (χ0) is 18.4. The number of amides is 3. The smallest absolute Gasteiger partial charge is 0.317 e. The molecule has 1 aromatic rings. The molecule has 0 atom stereocenters. The molecule has 7 nitrogen and oxygen atoms in total. The van der Waals surface area contributed by atoms with Gasteiger partial charge < -0.3 is 24.6 Å². The van der Waals surface area contributed by atoms with Gasteiger partial charge in [0.2, 0.25) is 6.41 Å². The van der Waals surface area contributed by atoms with Crippen molar-refractivity contribution in [3.8, 4) is 11.5 Å². The predicted octanol–water partition coefficient (Wildman–Crippen LogP) is 1.47. The molecule has 0 saturated carbocycles. The minimum atomic E-state index is -0.264. The van der Waals surface area contributed by atoms with Gasteiger partial charge in [-0.05, 0) is 17.7 Å². The van der Waals surface area contributed by atoms with Crippen LogP contribution in [-0.2, 0) is 10.2 Å². The topological polar surface area (TPSA) is 71.1 Å². The van der Waals surface area contributed by atoms with E-state index in [9.17, 15) is 9.59 Å². The molecule has 0 spiro atoms. The molecule has 0 aliphatic carbocycles. The van der Waals surface area contributed by atoms with E-state index < -0.39 is 0 Å². The number of carbonyl (C=O) groups excluding carboxylic acids is 2. The largest absolute Gasteiger partial charge is 0.493 e. The van der Waals surface area contributed by atoms with Crippen molar-refractivity contribution in [3.63, 3.8) is 0 Å². The van der Waals surface area contributed by atoms with Crippen LogP contribution in [0.15, 0.2) is 18.2 Å². The first kappa shape index (κ1) is 18.9. The fourth-order valence-corrected chi connectivity index (χ4v) is 2.80. The van der Waals surface area contributed by atoms with Gasteiger partial charge in [-0.15, -0.1) is 0 Å². The van der Waals surface area contributed by atoms with E-state index in [0.29, 0.717) is 44.2 Å². The first-order chi connectivity index (χ1) is 11.9. The van der Waals surface area contributed by atoms with Crippen LogP contribution in [0.4, 0.5) is 4.79 Å². The SMILES string of the molecule is COc1ccc(C(C)(C)CNC(=O)N2CCN(C=O)CC2)cc1OC. The molecule has 1 aliphatic rings. The fourth-order valence-electron chi connectivity index (χ4n) is 2.80. The van der Waals surface area contributed by atoms with E-state index in [1.807, 2.05) is 18.2 Å². The van der Waals surface area contributed by atoms with E-state index in [-0.39, 0.29) is 11.4 Å². The summed E-state index contributed by atoms with van der Waals surface area (Å²) >= 11 is 0. The lowest BCUT2D eigenvalue weighted by molar-refractivity contribution is -0.119. The number of hydrogen-bond donors (Lipinski definition) is 1. The van der Waals surface area contributed by atoms with Crippen LogP contribution in [0.1, 0.15) is 19.4 Å². The van der Waals surface area contributed by atoms with Crippen molar-refractivity contribution in [1.82, 2.24) is 15.1 Å². The summed E-state index contributed by atoms with van der Waals surface area (Å²) in [6.45, 7) is 6.90. The number of benzene rings is 1. The van der Waals surface area contributed by atoms with Crippen LogP contribution in [-0.4, -0.2) is 69.2 Å². The highest BCUT2D eigenvalue weighted by atomic mass is 16.5. The molecular weight excluding hydrogens is 322 g/mol. The predicted molar refractivity (Wildman–Crippen MR) is 95.2 cm³/mol. The van der Waals surface area contributed by atoms with Gasteiger partial charge in [0.05, 0.1) is 14.2 Å². The molecule has 0 bridgehead atoms. The first-order valence-corrected chi connectivity index (χ1v) is 8.36. The Morgan fingerprint density at radius 1 is 1.16 bits per heavy atom. The molecule has 7 heteroatoms. The molecule has 1 N–H and O–H groups in total. The molecule has 1 saturated heterocycles. The fraction of sp³-hybridized carbons (Fsp3) is 0.556. The molecule has 0 aromatic heterocycles. The maximum Gasteiger partial charge on any atom is 0.317 e. The number of ether oxygens (including phenoxy) is 2. The third-order valence-electron chi connectivity index (χ3n) is 4.60. The minimum Gasteiger partial charge on any atom is -0.493 e. The number of hydrogen-bond acceptors (Lipinski definition) is 4. The Morgan fingerprint density at radius 2 is 1.80 bits per heavy atom. The van der Waals surface area contributed by atoms with Crippen LogP contribution in [0, 0.1) is 0 Å². The normalized spacial score (nSPS) is 14.9. The van der Waals surface area contributed by atoms with Crippen LogP contribution in [0.25, 0.3) is 0 Å². The second kappa shape index (κ2) is 8.09. The number of nitrogens with zero attached hydrogens (tertiary/aromatic N) is 2. The number of nitrogens with one attached hydrogen (secondary N) is 1. The lowest BCUT2D eigenvalue weighted by Gasteiger charge is -2.34. The van der Waals surface area contributed by atoms with E-state index in [1.54, 1.807) is 24.0 Å². The number of methoxy groups -OCH3 is 2. The monoisotopic (exact) mass is 349 g/mol. The van der Waals surface area contributed by atoms with Gasteiger partial charge in [0, 0.05) is 38.1 Å². The van der Waals surface area contributed by atoms with Crippen molar-refractivity contribution in [3.05, 3.63) is 23.8 Å². The molecule has 1 heterocycles. The molecule has 138 valence electrons. The average Bonchev–Trinajstić information content (AvgIpc) is 2.65. The van der Waals surface area contributed by atoms with Gasteiger partial charge in [-0.1, -0.05) is 19.9 Å². The molecule has 3 amide bonds. The Labute approximate surface area is 148 Å². The highest BCUT2D eigenvalue weighted by molar-refractivity contribution is 5.74. The molecule has 1 fully saturated rings. The van der Waals surface area contributed by atoms with E-state index in [4.69, 9.17) is 9.47 Å². The third kappa shape index (κ3) is 4.55. The van der Waals surface area contributed by atoms with Crippen molar-refractivity contribution in [2.75, 3.05) is 46.9 Å². The first-order valence-electron chi connectivity index (χ1n) is 8.36. The summed E-state index contributed by atoms with van der Waals surface area (Å²) in [5.74, 6) is 1.35. The van der Waals surface area contributed by atoms with Gasteiger partial charge in [-0.2, -0.15) is 0 Å². The van der Waals surface area contributed by atoms with E-state index >= 15 is 0 Å². The van der Waals surface area contributed by atoms with E-state index in [1.165, 1.54) is 0 Å². The second-order valence-electron chi connectivity index (χ2n) is 6.74. The standard InChI is InChI=1S/C18H27N3O4/c1-18(2,14-5-6-15(24-3)16(11-14)25-4)12-19-17(23)21-9-7-20(13-22)8-10-21/h5-6,11,13H,7-10,12H2,1-4H3,(H,19,23). The van der Waals surface area contributed by atoms with Crippen LogP contribution < -0.4 is 14.8 Å². The Bertz CT molecular complexity index is 610. The second-order valence-corrected chi connectivity index (χ2v) is 6.74. The van der Waals surface area contributed by atoms with Gasteiger partial charge in [-0.25, -0.2) is 4.79 Å². The highest BCUT2D eigenvalue weighted by Crippen LogP contribution is 2.32. The zero-order valence-corrected chi connectivity index (χ0v) is 15.4. The van der Waals surface area contributed by atoms with Crippen molar-refractivity contribution >= 4 is 12.4 Å².